The summed E-state index contributed by atoms with van der Waals surface area (Å²) < 4.78 is 1.96. The van der Waals surface area contributed by atoms with E-state index in [1.165, 1.54) is 11.1 Å². The SMILES string of the molecule is Cc1ccc(-c2cn3cccc(CO)c3n2)c(C)c1. The quantitative estimate of drug-likeness (QED) is 0.761. The van der Waals surface area contributed by atoms with E-state index in [9.17, 15) is 5.11 Å². The van der Waals surface area contributed by atoms with E-state index in [2.05, 4.69) is 37.0 Å². The summed E-state index contributed by atoms with van der Waals surface area (Å²) >= 11 is 0. The molecule has 3 heteroatoms. The molecule has 0 saturated heterocycles. The standard InChI is InChI=1S/C16H16N2O/c1-11-5-6-14(12(2)8-11)15-9-18-7-3-4-13(10-19)16(18)17-15/h3-9,19H,10H2,1-2H3. The van der Waals surface area contributed by atoms with Gasteiger partial charge < -0.3 is 9.51 Å². The number of hydrogen-bond donors (Lipinski definition) is 1. The highest BCUT2D eigenvalue weighted by Crippen LogP contribution is 2.24. The van der Waals surface area contributed by atoms with Crippen molar-refractivity contribution in [3.05, 3.63) is 59.4 Å². The Labute approximate surface area is 112 Å². The average molecular weight is 252 g/mol. The van der Waals surface area contributed by atoms with Crippen LogP contribution < -0.4 is 0 Å². The van der Waals surface area contributed by atoms with Gasteiger partial charge in [0.1, 0.15) is 5.65 Å². The minimum absolute atomic E-state index is 0.00761. The first kappa shape index (κ1) is 11.9. The van der Waals surface area contributed by atoms with Crippen molar-refractivity contribution in [1.29, 1.82) is 0 Å². The summed E-state index contributed by atoms with van der Waals surface area (Å²) in [4.78, 5) is 4.65. The van der Waals surface area contributed by atoms with Crippen molar-refractivity contribution in [2.75, 3.05) is 0 Å². The zero-order valence-electron chi connectivity index (χ0n) is 11.1. The molecule has 0 saturated carbocycles. The molecule has 0 unspecified atom stereocenters. The molecule has 3 rings (SSSR count). The summed E-state index contributed by atoms with van der Waals surface area (Å²) in [5, 5.41) is 9.35. The molecular formula is C16H16N2O. The highest BCUT2D eigenvalue weighted by molar-refractivity contribution is 5.67. The summed E-state index contributed by atoms with van der Waals surface area (Å²) in [6, 6.07) is 10.2. The highest BCUT2D eigenvalue weighted by atomic mass is 16.3. The number of benzene rings is 1. The molecule has 0 aliphatic heterocycles. The maximum atomic E-state index is 9.35. The second-order valence-electron chi connectivity index (χ2n) is 4.87. The number of aromatic nitrogens is 2. The van der Waals surface area contributed by atoms with Crippen molar-refractivity contribution in [2.24, 2.45) is 0 Å². The predicted octanol–water partition coefficient (Wildman–Crippen LogP) is 3.11. The van der Waals surface area contributed by atoms with Gasteiger partial charge >= 0.3 is 0 Å². The Kier molecular flexibility index (Phi) is 2.84. The van der Waals surface area contributed by atoms with E-state index in [0.717, 1.165) is 22.5 Å². The van der Waals surface area contributed by atoms with Gasteiger partial charge in [-0.1, -0.05) is 29.8 Å². The number of nitrogens with zero attached hydrogens (tertiary/aromatic N) is 2. The molecule has 19 heavy (non-hydrogen) atoms. The van der Waals surface area contributed by atoms with Crippen LogP contribution in [0.25, 0.3) is 16.9 Å². The van der Waals surface area contributed by atoms with E-state index in [0.29, 0.717) is 0 Å². The summed E-state index contributed by atoms with van der Waals surface area (Å²) in [5.74, 6) is 0. The van der Waals surface area contributed by atoms with Crippen LogP contribution in [0.5, 0.6) is 0 Å². The Hall–Kier alpha value is -2.13. The van der Waals surface area contributed by atoms with Gasteiger partial charge in [-0.2, -0.15) is 0 Å². The predicted molar refractivity (Wildman–Crippen MR) is 76.0 cm³/mol. The lowest BCUT2D eigenvalue weighted by Crippen LogP contribution is -1.90. The largest absolute Gasteiger partial charge is 0.392 e. The molecule has 0 radical (unpaired) electrons. The van der Waals surface area contributed by atoms with Crippen LogP contribution in [0.2, 0.25) is 0 Å². The molecule has 0 aliphatic rings. The number of aryl methyl sites for hydroxylation is 2. The van der Waals surface area contributed by atoms with Gasteiger partial charge in [0.05, 0.1) is 12.3 Å². The molecule has 0 atom stereocenters. The zero-order valence-corrected chi connectivity index (χ0v) is 11.1. The Bertz CT molecular complexity index is 744. The van der Waals surface area contributed by atoms with E-state index in [-0.39, 0.29) is 6.61 Å². The number of hydrogen-bond acceptors (Lipinski definition) is 2. The monoisotopic (exact) mass is 252 g/mol. The molecule has 2 aromatic heterocycles. The lowest BCUT2D eigenvalue weighted by Gasteiger charge is -2.03. The molecule has 0 bridgehead atoms. The Balaban J connectivity index is 2.20. The van der Waals surface area contributed by atoms with Gasteiger partial charge in [-0.3, -0.25) is 0 Å². The van der Waals surface area contributed by atoms with Crippen molar-refractivity contribution < 1.29 is 5.11 Å². The molecule has 0 aliphatic carbocycles. The molecule has 96 valence electrons. The van der Waals surface area contributed by atoms with Crippen LogP contribution in [0.15, 0.2) is 42.7 Å². The fourth-order valence-corrected chi connectivity index (χ4v) is 2.43. The van der Waals surface area contributed by atoms with Crippen LogP contribution >= 0.6 is 0 Å². The molecule has 3 nitrogen and oxygen atoms in total. The van der Waals surface area contributed by atoms with E-state index in [1.807, 2.05) is 28.9 Å². The first-order valence-electron chi connectivity index (χ1n) is 6.34. The average Bonchev–Trinajstić information content (AvgIpc) is 2.81. The number of pyridine rings is 1. The minimum Gasteiger partial charge on any atom is -0.392 e. The highest BCUT2D eigenvalue weighted by Gasteiger charge is 2.09. The fourth-order valence-electron chi connectivity index (χ4n) is 2.43. The Morgan fingerprint density at radius 1 is 1.21 bits per heavy atom. The van der Waals surface area contributed by atoms with Gasteiger partial charge in [-0.05, 0) is 25.5 Å². The third-order valence-corrected chi connectivity index (χ3v) is 3.39. The topological polar surface area (TPSA) is 37.5 Å². The molecule has 0 fully saturated rings. The van der Waals surface area contributed by atoms with Crippen molar-refractivity contribution in [2.45, 2.75) is 20.5 Å². The summed E-state index contributed by atoms with van der Waals surface area (Å²) in [6.07, 6.45) is 3.96. The van der Waals surface area contributed by atoms with E-state index in [1.54, 1.807) is 0 Å². The maximum absolute atomic E-state index is 9.35. The number of aliphatic hydroxyl groups excluding tert-OH is 1. The third kappa shape index (κ3) is 2.02. The van der Waals surface area contributed by atoms with Crippen molar-refractivity contribution in [3.8, 4) is 11.3 Å². The lowest BCUT2D eigenvalue weighted by molar-refractivity contribution is 0.282. The number of imidazole rings is 1. The molecule has 3 aromatic rings. The number of fused-ring (bicyclic) bond motifs is 1. The molecule has 0 amide bonds. The Morgan fingerprint density at radius 3 is 2.79 bits per heavy atom. The summed E-state index contributed by atoms with van der Waals surface area (Å²) in [5.41, 5.74) is 6.21. The molecule has 2 heterocycles. The van der Waals surface area contributed by atoms with Crippen LogP contribution in [0.3, 0.4) is 0 Å². The minimum atomic E-state index is 0.00761. The molecular weight excluding hydrogens is 236 g/mol. The fraction of sp³-hybridized carbons (Fsp3) is 0.188. The molecule has 1 aromatic carbocycles. The Morgan fingerprint density at radius 2 is 2.05 bits per heavy atom. The van der Waals surface area contributed by atoms with Gasteiger partial charge in [0.2, 0.25) is 0 Å². The van der Waals surface area contributed by atoms with Crippen molar-refractivity contribution in [3.63, 3.8) is 0 Å². The van der Waals surface area contributed by atoms with E-state index < -0.39 is 0 Å². The van der Waals surface area contributed by atoms with Gasteiger partial charge in [0.15, 0.2) is 0 Å². The third-order valence-electron chi connectivity index (χ3n) is 3.39. The van der Waals surface area contributed by atoms with Crippen LogP contribution in [-0.2, 0) is 6.61 Å². The molecule has 0 spiro atoms. The maximum Gasteiger partial charge on any atom is 0.142 e. The second-order valence-corrected chi connectivity index (χ2v) is 4.87. The second kappa shape index (κ2) is 4.52. The van der Waals surface area contributed by atoms with Crippen molar-refractivity contribution >= 4 is 5.65 Å². The van der Waals surface area contributed by atoms with Crippen molar-refractivity contribution in [1.82, 2.24) is 9.38 Å². The normalized spacial score (nSPS) is 11.1. The van der Waals surface area contributed by atoms with Crippen LogP contribution in [-0.4, -0.2) is 14.5 Å². The van der Waals surface area contributed by atoms with Gasteiger partial charge in [-0.15, -0.1) is 0 Å². The number of aliphatic hydroxyl groups is 1. The van der Waals surface area contributed by atoms with Crippen LogP contribution in [0.4, 0.5) is 0 Å². The zero-order chi connectivity index (χ0) is 13.4. The van der Waals surface area contributed by atoms with Gasteiger partial charge in [0, 0.05) is 23.5 Å². The van der Waals surface area contributed by atoms with Gasteiger partial charge in [0.25, 0.3) is 0 Å². The summed E-state index contributed by atoms with van der Waals surface area (Å²) in [6.45, 7) is 4.19. The first-order chi connectivity index (χ1) is 9.19. The van der Waals surface area contributed by atoms with Gasteiger partial charge in [-0.25, -0.2) is 4.98 Å². The van der Waals surface area contributed by atoms with Crippen LogP contribution in [0, 0.1) is 13.8 Å². The lowest BCUT2D eigenvalue weighted by atomic mass is 10.0. The van der Waals surface area contributed by atoms with E-state index >= 15 is 0 Å². The number of rotatable bonds is 2. The molecule has 1 N–H and O–H groups in total. The summed E-state index contributed by atoms with van der Waals surface area (Å²) in [7, 11) is 0. The smallest absolute Gasteiger partial charge is 0.142 e. The first-order valence-corrected chi connectivity index (χ1v) is 6.34. The van der Waals surface area contributed by atoms with E-state index in [4.69, 9.17) is 0 Å². The van der Waals surface area contributed by atoms with Crippen LogP contribution in [0.1, 0.15) is 16.7 Å².